The van der Waals surface area contributed by atoms with Crippen molar-refractivity contribution < 1.29 is 9.59 Å². The molecule has 0 aliphatic carbocycles. The highest BCUT2D eigenvalue weighted by atomic mass is 32.2. The van der Waals surface area contributed by atoms with E-state index in [1.165, 1.54) is 0 Å². The average Bonchev–Trinajstić information content (AvgIpc) is 3.44. The number of para-hydroxylation sites is 2. The van der Waals surface area contributed by atoms with E-state index in [4.69, 9.17) is 0 Å². The van der Waals surface area contributed by atoms with Gasteiger partial charge in [0.05, 0.1) is 11.0 Å². The van der Waals surface area contributed by atoms with Gasteiger partial charge in [0.2, 0.25) is 5.91 Å². The van der Waals surface area contributed by atoms with Crippen LogP contribution in [-0.2, 0) is 10.5 Å². The van der Waals surface area contributed by atoms with E-state index in [0.717, 1.165) is 40.4 Å². The molecular weight excluding hydrogens is 420 g/mol. The summed E-state index contributed by atoms with van der Waals surface area (Å²) in [7, 11) is 0. The number of nitrogens with zero attached hydrogens (tertiary/aromatic N) is 2. The first-order chi connectivity index (χ1) is 15.7. The Kier molecular flexibility index (Phi) is 5.64. The molecule has 1 fully saturated rings. The van der Waals surface area contributed by atoms with E-state index < -0.39 is 0 Å². The molecule has 5 rings (SSSR count). The van der Waals surface area contributed by atoms with Gasteiger partial charge < -0.3 is 15.2 Å². The minimum absolute atomic E-state index is 0.151. The highest BCUT2D eigenvalue weighted by Crippen LogP contribution is 2.26. The van der Waals surface area contributed by atoms with Gasteiger partial charge in [0.1, 0.15) is 0 Å². The van der Waals surface area contributed by atoms with Crippen LogP contribution >= 0.6 is 11.8 Å². The second-order valence-corrected chi connectivity index (χ2v) is 8.62. The first-order valence-corrected chi connectivity index (χ1v) is 11.5. The number of hydrogen-bond donors (Lipinski definition) is 2. The Labute approximate surface area is 190 Å². The minimum atomic E-state index is -0.157. The maximum atomic E-state index is 13.0. The summed E-state index contributed by atoms with van der Waals surface area (Å²) >= 11 is 1.57. The Hall–Kier alpha value is -3.58. The molecule has 0 atom stereocenters. The van der Waals surface area contributed by atoms with Crippen LogP contribution in [0.25, 0.3) is 11.0 Å². The number of thioether (sulfide) groups is 1. The van der Waals surface area contributed by atoms with Crippen LogP contribution in [0.1, 0.15) is 28.8 Å². The molecule has 160 valence electrons. The highest BCUT2D eigenvalue weighted by Gasteiger charge is 2.21. The maximum absolute atomic E-state index is 13.0. The molecule has 2 N–H and O–H groups in total. The van der Waals surface area contributed by atoms with Gasteiger partial charge in [0, 0.05) is 35.7 Å². The van der Waals surface area contributed by atoms with Crippen molar-refractivity contribution >= 4 is 46.0 Å². The number of carbonyl (C=O) groups is 2. The summed E-state index contributed by atoms with van der Waals surface area (Å²) in [5.74, 6) is 0.618. The Balaban J connectivity index is 1.27. The predicted molar refractivity (Wildman–Crippen MR) is 128 cm³/mol. The summed E-state index contributed by atoms with van der Waals surface area (Å²) in [6, 6.07) is 22.9. The number of benzene rings is 3. The molecule has 0 spiro atoms. The molecule has 0 unspecified atom stereocenters. The number of fused-ring (bicyclic) bond motifs is 1. The smallest absolute Gasteiger partial charge is 0.255 e. The maximum Gasteiger partial charge on any atom is 0.255 e. The number of hydrogen-bond acceptors (Lipinski definition) is 4. The second-order valence-electron chi connectivity index (χ2n) is 7.65. The SMILES string of the molecule is O=C(Nc1ccc(N2CCCC2=O)cc1)c1ccccc1CSc1nc2ccccc2[nH]1. The van der Waals surface area contributed by atoms with Crippen LogP contribution in [0.2, 0.25) is 0 Å². The van der Waals surface area contributed by atoms with E-state index in [2.05, 4.69) is 15.3 Å². The van der Waals surface area contributed by atoms with Crippen LogP contribution in [-0.4, -0.2) is 28.3 Å². The molecule has 0 saturated carbocycles. The second kappa shape index (κ2) is 8.88. The van der Waals surface area contributed by atoms with Crippen molar-refractivity contribution in [2.24, 2.45) is 0 Å². The number of amides is 2. The summed E-state index contributed by atoms with van der Waals surface area (Å²) in [5, 5.41) is 3.80. The number of H-pyrrole nitrogens is 1. The van der Waals surface area contributed by atoms with E-state index in [-0.39, 0.29) is 11.8 Å². The first kappa shape index (κ1) is 20.3. The van der Waals surface area contributed by atoms with Gasteiger partial charge in [-0.3, -0.25) is 9.59 Å². The fourth-order valence-electron chi connectivity index (χ4n) is 3.86. The largest absolute Gasteiger partial charge is 0.333 e. The summed E-state index contributed by atoms with van der Waals surface area (Å²) in [4.78, 5) is 34.6. The fourth-order valence-corrected chi connectivity index (χ4v) is 4.74. The molecule has 2 heterocycles. The summed E-state index contributed by atoms with van der Waals surface area (Å²) in [6.07, 6.45) is 1.49. The van der Waals surface area contributed by atoms with E-state index >= 15 is 0 Å². The van der Waals surface area contributed by atoms with Gasteiger partial charge in [0.25, 0.3) is 5.91 Å². The Morgan fingerprint density at radius 1 is 1.03 bits per heavy atom. The molecule has 1 aliphatic rings. The number of imidazole rings is 1. The molecular formula is C25H22N4O2S. The van der Waals surface area contributed by atoms with Crippen LogP contribution < -0.4 is 10.2 Å². The molecule has 1 saturated heterocycles. The predicted octanol–water partition coefficient (Wildman–Crippen LogP) is 5.23. The zero-order chi connectivity index (χ0) is 21.9. The van der Waals surface area contributed by atoms with E-state index in [0.29, 0.717) is 23.4 Å². The molecule has 3 aromatic carbocycles. The lowest BCUT2D eigenvalue weighted by Gasteiger charge is -2.16. The zero-order valence-electron chi connectivity index (χ0n) is 17.4. The molecule has 0 radical (unpaired) electrons. The summed E-state index contributed by atoms with van der Waals surface area (Å²) < 4.78 is 0. The molecule has 2 amide bonds. The van der Waals surface area contributed by atoms with E-state index in [9.17, 15) is 9.59 Å². The number of carbonyl (C=O) groups excluding carboxylic acids is 2. The third-order valence-electron chi connectivity index (χ3n) is 5.50. The lowest BCUT2D eigenvalue weighted by atomic mass is 10.1. The van der Waals surface area contributed by atoms with Gasteiger partial charge >= 0.3 is 0 Å². The van der Waals surface area contributed by atoms with Crippen molar-refractivity contribution in [3.05, 3.63) is 83.9 Å². The quantitative estimate of drug-likeness (QED) is 0.401. The molecule has 0 bridgehead atoms. The van der Waals surface area contributed by atoms with E-state index in [1.54, 1.807) is 16.7 Å². The lowest BCUT2D eigenvalue weighted by molar-refractivity contribution is -0.117. The van der Waals surface area contributed by atoms with Gasteiger partial charge in [-0.15, -0.1) is 0 Å². The number of aromatic amines is 1. The monoisotopic (exact) mass is 442 g/mol. The van der Waals surface area contributed by atoms with E-state index in [1.807, 2.05) is 72.8 Å². The topological polar surface area (TPSA) is 78.1 Å². The van der Waals surface area contributed by atoms with Crippen molar-refractivity contribution in [1.82, 2.24) is 9.97 Å². The standard InChI is InChI=1S/C25H22N4O2S/c30-23-10-5-15-29(23)19-13-11-18(12-14-19)26-24(31)20-7-2-1-6-17(20)16-32-25-27-21-8-3-4-9-22(21)28-25/h1-4,6-9,11-14H,5,10,15-16H2,(H,26,31)(H,27,28). The normalized spacial score (nSPS) is 13.6. The van der Waals surface area contributed by atoms with Gasteiger partial charge in [-0.1, -0.05) is 42.1 Å². The fraction of sp³-hybridized carbons (Fsp3) is 0.160. The number of anilines is 2. The zero-order valence-corrected chi connectivity index (χ0v) is 18.2. The van der Waals surface area contributed by atoms with Crippen LogP contribution in [0.5, 0.6) is 0 Å². The van der Waals surface area contributed by atoms with Crippen LogP contribution in [0.4, 0.5) is 11.4 Å². The van der Waals surface area contributed by atoms with Gasteiger partial charge in [-0.25, -0.2) is 4.98 Å². The first-order valence-electron chi connectivity index (χ1n) is 10.5. The van der Waals surface area contributed by atoms with Crippen LogP contribution in [0, 0.1) is 0 Å². The van der Waals surface area contributed by atoms with Gasteiger partial charge in [-0.2, -0.15) is 0 Å². The van der Waals surface area contributed by atoms with Crippen molar-refractivity contribution in [2.45, 2.75) is 23.8 Å². The Morgan fingerprint density at radius 3 is 2.59 bits per heavy atom. The van der Waals surface area contributed by atoms with Crippen molar-refractivity contribution in [3.63, 3.8) is 0 Å². The molecule has 1 aliphatic heterocycles. The van der Waals surface area contributed by atoms with Crippen molar-refractivity contribution in [2.75, 3.05) is 16.8 Å². The molecule has 1 aromatic heterocycles. The average molecular weight is 443 g/mol. The Bertz CT molecular complexity index is 1250. The lowest BCUT2D eigenvalue weighted by Crippen LogP contribution is -2.23. The van der Waals surface area contributed by atoms with Gasteiger partial charge in [-0.05, 0) is 54.4 Å². The summed E-state index contributed by atoms with van der Waals surface area (Å²) in [5.41, 5.74) is 5.07. The highest BCUT2D eigenvalue weighted by molar-refractivity contribution is 7.98. The van der Waals surface area contributed by atoms with Crippen LogP contribution in [0.15, 0.2) is 78.0 Å². The third-order valence-corrected chi connectivity index (χ3v) is 6.43. The third kappa shape index (κ3) is 4.24. The minimum Gasteiger partial charge on any atom is -0.333 e. The van der Waals surface area contributed by atoms with Crippen molar-refractivity contribution in [3.8, 4) is 0 Å². The number of rotatable bonds is 6. The summed E-state index contributed by atoms with van der Waals surface area (Å²) in [6.45, 7) is 0.751. The molecule has 4 aromatic rings. The molecule has 7 heteroatoms. The molecule has 32 heavy (non-hydrogen) atoms. The van der Waals surface area contributed by atoms with Gasteiger partial charge in [0.15, 0.2) is 5.16 Å². The van der Waals surface area contributed by atoms with Crippen molar-refractivity contribution in [1.29, 1.82) is 0 Å². The Morgan fingerprint density at radius 2 is 1.81 bits per heavy atom. The number of aromatic nitrogens is 2. The number of nitrogens with one attached hydrogen (secondary N) is 2. The van der Waals surface area contributed by atoms with Crippen LogP contribution in [0.3, 0.4) is 0 Å². The molecule has 6 nitrogen and oxygen atoms in total.